The van der Waals surface area contributed by atoms with Gasteiger partial charge in [-0.2, -0.15) is 0 Å². The molecule has 118 valence electrons. The Morgan fingerprint density at radius 2 is 1.86 bits per heavy atom. The SMILES string of the molecule is CCc1ccc(C(=O)N[C@H](C)c2ccc(S(N)(=O)=O)cc2)s1. The molecule has 1 heterocycles. The van der Waals surface area contributed by atoms with Crippen molar-refractivity contribution < 1.29 is 13.2 Å². The van der Waals surface area contributed by atoms with Crippen molar-refractivity contribution in [3.8, 4) is 0 Å². The van der Waals surface area contributed by atoms with Crippen LogP contribution in [0.5, 0.6) is 0 Å². The Labute approximate surface area is 134 Å². The van der Waals surface area contributed by atoms with Gasteiger partial charge in [0.1, 0.15) is 0 Å². The zero-order chi connectivity index (χ0) is 16.3. The second-order valence-electron chi connectivity index (χ2n) is 4.93. The zero-order valence-corrected chi connectivity index (χ0v) is 14.0. The normalized spacial score (nSPS) is 12.9. The van der Waals surface area contributed by atoms with Crippen molar-refractivity contribution in [1.29, 1.82) is 0 Å². The lowest BCUT2D eigenvalue weighted by molar-refractivity contribution is 0.0944. The Kier molecular flexibility index (Phi) is 5.00. The van der Waals surface area contributed by atoms with Crippen molar-refractivity contribution in [2.24, 2.45) is 5.14 Å². The second-order valence-corrected chi connectivity index (χ2v) is 7.66. The molecule has 0 bridgehead atoms. The molecule has 0 saturated heterocycles. The number of benzene rings is 1. The molecule has 3 N–H and O–H groups in total. The molecular formula is C15H18N2O3S2. The van der Waals surface area contributed by atoms with Gasteiger partial charge in [-0.15, -0.1) is 11.3 Å². The largest absolute Gasteiger partial charge is 0.345 e. The standard InChI is InChI=1S/C15H18N2O3S2/c1-3-12-6-9-14(21-12)15(18)17-10(2)11-4-7-13(8-5-11)22(16,19)20/h4-10H,3H2,1-2H3,(H,17,18)(H2,16,19,20)/t10-/m1/s1. The highest BCUT2D eigenvalue weighted by atomic mass is 32.2. The first-order valence-corrected chi connectivity index (χ1v) is 9.20. The third kappa shape index (κ3) is 3.94. The van der Waals surface area contributed by atoms with Crippen molar-refractivity contribution >= 4 is 27.3 Å². The lowest BCUT2D eigenvalue weighted by Crippen LogP contribution is -2.25. The van der Waals surface area contributed by atoms with E-state index in [0.717, 1.165) is 16.9 Å². The molecule has 0 aliphatic heterocycles. The number of carbonyl (C=O) groups excluding carboxylic acids is 1. The number of nitrogens with two attached hydrogens (primary N) is 1. The summed E-state index contributed by atoms with van der Waals surface area (Å²) in [6.07, 6.45) is 0.905. The fourth-order valence-electron chi connectivity index (χ4n) is 1.99. The average Bonchev–Trinajstić information content (AvgIpc) is 2.95. The van der Waals surface area contributed by atoms with E-state index in [9.17, 15) is 13.2 Å². The fourth-order valence-corrected chi connectivity index (χ4v) is 3.35. The molecule has 1 aromatic carbocycles. The molecule has 1 amide bonds. The number of sulfonamides is 1. The van der Waals surface area contributed by atoms with Crippen LogP contribution in [0.25, 0.3) is 0 Å². The van der Waals surface area contributed by atoms with Crippen molar-refractivity contribution in [3.05, 3.63) is 51.7 Å². The average molecular weight is 338 g/mol. The summed E-state index contributed by atoms with van der Waals surface area (Å²) in [5, 5.41) is 7.96. The summed E-state index contributed by atoms with van der Waals surface area (Å²) >= 11 is 1.48. The summed E-state index contributed by atoms with van der Waals surface area (Å²) in [4.78, 5) is 14.1. The van der Waals surface area contributed by atoms with Crippen LogP contribution in [-0.2, 0) is 16.4 Å². The van der Waals surface area contributed by atoms with Crippen molar-refractivity contribution in [3.63, 3.8) is 0 Å². The molecule has 7 heteroatoms. The summed E-state index contributed by atoms with van der Waals surface area (Å²) in [6, 6.07) is 9.71. The second kappa shape index (κ2) is 6.60. The van der Waals surface area contributed by atoms with Gasteiger partial charge >= 0.3 is 0 Å². The Morgan fingerprint density at radius 1 is 1.23 bits per heavy atom. The molecule has 0 fully saturated rings. The van der Waals surface area contributed by atoms with E-state index in [1.807, 2.05) is 26.0 Å². The van der Waals surface area contributed by atoms with E-state index >= 15 is 0 Å². The minimum atomic E-state index is -3.70. The Bertz CT molecular complexity index is 764. The fraction of sp³-hybridized carbons (Fsp3) is 0.267. The molecule has 22 heavy (non-hydrogen) atoms. The number of hydrogen-bond acceptors (Lipinski definition) is 4. The van der Waals surface area contributed by atoms with E-state index in [1.54, 1.807) is 12.1 Å². The third-order valence-corrected chi connectivity index (χ3v) is 5.45. The lowest BCUT2D eigenvalue weighted by atomic mass is 10.1. The predicted molar refractivity (Wildman–Crippen MR) is 87.4 cm³/mol. The minimum Gasteiger partial charge on any atom is -0.345 e. The van der Waals surface area contributed by atoms with Crippen molar-refractivity contribution in [2.45, 2.75) is 31.2 Å². The molecular weight excluding hydrogens is 320 g/mol. The van der Waals surface area contributed by atoms with Crippen LogP contribution in [0, 0.1) is 0 Å². The first kappa shape index (κ1) is 16.7. The van der Waals surface area contributed by atoms with Crippen LogP contribution in [0.1, 0.15) is 40.0 Å². The number of primary sulfonamides is 1. The van der Waals surface area contributed by atoms with Crippen LogP contribution < -0.4 is 10.5 Å². The van der Waals surface area contributed by atoms with Gasteiger partial charge in [-0.1, -0.05) is 19.1 Å². The van der Waals surface area contributed by atoms with E-state index in [4.69, 9.17) is 5.14 Å². The van der Waals surface area contributed by atoms with E-state index in [1.165, 1.54) is 23.5 Å². The number of carbonyl (C=O) groups is 1. The lowest BCUT2D eigenvalue weighted by Gasteiger charge is -2.14. The number of thiophene rings is 1. The smallest absolute Gasteiger partial charge is 0.261 e. The van der Waals surface area contributed by atoms with E-state index < -0.39 is 10.0 Å². The van der Waals surface area contributed by atoms with E-state index in [2.05, 4.69) is 5.32 Å². The van der Waals surface area contributed by atoms with Crippen LogP contribution in [0.4, 0.5) is 0 Å². The molecule has 0 aliphatic rings. The maximum absolute atomic E-state index is 12.2. The van der Waals surface area contributed by atoms with Gasteiger partial charge in [0.05, 0.1) is 15.8 Å². The Morgan fingerprint density at radius 3 is 2.36 bits per heavy atom. The van der Waals surface area contributed by atoms with Gasteiger partial charge < -0.3 is 5.32 Å². The zero-order valence-electron chi connectivity index (χ0n) is 12.4. The van der Waals surface area contributed by atoms with Gasteiger partial charge in [-0.05, 0) is 43.2 Å². The highest BCUT2D eigenvalue weighted by Crippen LogP contribution is 2.19. The van der Waals surface area contributed by atoms with Crippen LogP contribution in [0.15, 0.2) is 41.3 Å². The first-order chi connectivity index (χ1) is 10.3. The van der Waals surface area contributed by atoms with Gasteiger partial charge in [0.25, 0.3) is 5.91 Å². The molecule has 0 spiro atoms. The maximum atomic E-state index is 12.2. The molecule has 0 aliphatic carbocycles. The highest BCUT2D eigenvalue weighted by molar-refractivity contribution is 7.89. The van der Waals surface area contributed by atoms with Gasteiger partial charge in [0, 0.05) is 4.88 Å². The van der Waals surface area contributed by atoms with Crippen LogP contribution >= 0.6 is 11.3 Å². The maximum Gasteiger partial charge on any atom is 0.261 e. The monoisotopic (exact) mass is 338 g/mol. The molecule has 1 atom stereocenters. The highest BCUT2D eigenvalue weighted by Gasteiger charge is 2.14. The van der Waals surface area contributed by atoms with Gasteiger partial charge in [-0.25, -0.2) is 13.6 Å². The number of hydrogen-bond donors (Lipinski definition) is 2. The molecule has 1 aromatic heterocycles. The molecule has 2 rings (SSSR count). The predicted octanol–water partition coefficient (Wildman–Crippen LogP) is 2.45. The summed E-state index contributed by atoms with van der Waals surface area (Å²) in [5.74, 6) is -0.132. The minimum absolute atomic E-state index is 0.0561. The summed E-state index contributed by atoms with van der Waals surface area (Å²) < 4.78 is 22.4. The number of nitrogens with one attached hydrogen (secondary N) is 1. The van der Waals surface area contributed by atoms with Crippen LogP contribution in [0.2, 0.25) is 0 Å². The van der Waals surface area contributed by atoms with Crippen LogP contribution in [-0.4, -0.2) is 14.3 Å². The Hall–Kier alpha value is -1.70. The van der Waals surface area contributed by atoms with Gasteiger partial charge in [0.15, 0.2) is 0 Å². The topological polar surface area (TPSA) is 89.3 Å². The molecule has 0 unspecified atom stereocenters. The quantitative estimate of drug-likeness (QED) is 0.877. The molecule has 0 radical (unpaired) electrons. The van der Waals surface area contributed by atoms with Crippen LogP contribution in [0.3, 0.4) is 0 Å². The molecule has 5 nitrogen and oxygen atoms in total. The van der Waals surface area contributed by atoms with Crippen molar-refractivity contribution in [2.75, 3.05) is 0 Å². The van der Waals surface area contributed by atoms with E-state index in [0.29, 0.717) is 4.88 Å². The molecule has 0 saturated carbocycles. The van der Waals surface area contributed by atoms with Gasteiger partial charge in [-0.3, -0.25) is 4.79 Å². The third-order valence-electron chi connectivity index (χ3n) is 3.29. The summed E-state index contributed by atoms with van der Waals surface area (Å²) in [7, 11) is -3.70. The van der Waals surface area contributed by atoms with Gasteiger partial charge in [0.2, 0.25) is 10.0 Å². The first-order valence-electron chi connectivity index (χ1n) is 6.83. The molecule has 2 aromatic rings. The summed E-state index contributed by atoms with van der Waals surface area (Å²) in [6.45, 7) is 3.89. The number of amides is 1. The number of rotatable bonds is 5. The van der Waals surface area contributed by atoms with Crippen molar-refractivity contribution in [1.82, 2.24) is 5.32 Å². The summed E-state index contributed by atoms with van der Waals surface area (Å²) in [5.41, 5.74) is 0.813. The number of aryl methyl sites for hydroxylation is 1. The van der Waals surface area contributed by atoms with E-state index in [-0.39, 0.29) is 16.8 Å². The Balaban J connectivity index is 2.08.